The molecule has 0 aliphatic carbocycles. The third kappa shape index (κ3) is 5.14. The molecule has 1 saturated heterocycles. The smallest absolute Gasteiger partial charge is 0.0234 e. The molecule has 1 aromatic rings. The van der Waals surface area contributed by atoms with Crippen LogP contribution in [0.3, 0.4) is 0 Å². The van der Waals surface area contributed by atoms with Crippen molar-refractivity contribution in [2.75, 3.05) is 13.1 Å². The minimum Gasteiger partial charge on any atom is -0.298 e. The molecule has 21 heavy (non-hydrogen) atoms. The zero-order chi connectivity index (χ0) is 15.0. The van der Waals surface area contributed by atoms with Crippen LogP contribution in [0.25, 0.3) is 0 Å². The fourth-order valence-corrected chi connectivity index (χ4v) is 3.80. The second-order valence-corrected chi connectivity index (χ2v) is 7.04. The van der Waals surface area contributed by atoms with Gasteiger partial charge in [-0.15, -0.1) is 0 Å². The third-order valence-electron chi connectivity index (χ3n) is 4.99. The molecule has 0 spiro atoms. The van der Waals surface area contributed by atoms with Gasteiger partial charge in [-0.05, 0) is 23.8 Å². The van der Waals surface area contributed by atoms with E-state index in [4.69, 9.17) is 0 Å². The number of benzene rings is 1. The quantitative estimate of drug-likeness (QED) is 0.503. The Labute approximate surface area is 131 Å². The second-order valence-electron chi connectivity index (χ2n) is 7.04. The first kappa shape index (κ1) is 16.5. The van der Waals surface area contributed by atoms with Crippen LogP contribution in [0.2, 0.25) is 0 Å². The average Bonchev–Trinajstić information content (AvgIpc) is 2.47. The van der Waals surface area contributed by atoms with Crippen LogP contribution in [0.15, 0.2) is 30.3 Å². The van der Waals surface area contributed by atoms with Crippen molar-refractivity contribution >= 4 is 0 Å². The largest absolute Gasteiger partial charge is 0.298 e. The van der Waals surface area contributed by atoms with E-state index in [9.17, 15) is 0 Å². The molecular weight excluding hydrogens is 254 g/mol. The lowest BCUT2D eigenvalue weighted by Crippen LogP contribution is -2.55. The lowest BCUT2D eigenvalue weighted by Gasteiger charge is -2.51. The Morgan fingerprint density at radius 1 is 0.857 bits per heavy atom. The molecular formula is C20H33N. The molecule has 2 rings (SSSR count). The van der Waals surface area contributed by atoms with E-state index in [2.05, 4.69) is 49.1 Å². The monoisotopic (exact) mass is 287 g/mol. The average molecular weight is 287 g/mol. The van der Waals surface area contributed by atoms with Gasteiger partial charge in [0.1, 0.15) is 0 Å². The van der Waals surface area contributed by atoms with Gasteiger partial charge < -0.3 is 0 Å². The van der Waals surface area contributed by atoms with Gasteiger partial charge in [0.2, 0.25) is 0 Å². The minimum absolute atomic E-state index is 0.652. The zero-order valence-electron chi connectivity index (χ0n) is 14.1. The topological polar surface area (TPSA) is 3.24 Å². The fourth-order valence-electron chi connectivity index (χ4n) is 3.80. The van der Waals surface area contributed by atoms with Gasteiger partial charge in [-0.3, -0.25) is 4.90 Å². The van der Waals surface area contributed by atoms with E-state index in [-0.39, 0.29) is 0 Å². The summed E-state index contributed by atoms with van der Waals surface area (Å²) >= 11 is 0. The molecule has 1 nitrogen and oxygen atoms in total. The van der Waals surface area contributed by atoms with Crippen LogP contribution in [-0.4, -0.2) is 18.0 Å². The van der Waals surface area contributed by atoms with Gasteiger partial charge in [0.05, 0.1) is 0 Å². The molecule has 0 amide bonds. The molecule has 0 unspecified atom stereocenters. The van der Waals surface area contributed by atoms with Gasteiger partial charge in [-0.2, -0.15) is 0 Å². The summed E-state index contributed by atoms with van der Waals surface area (Å²) in [6.07, 6.45) is 11.3. The van der Waals surface area contributed by atoms with Crippen LogP contribution in [0, 0.1) is 5.41 Å². The van der Waals surface area contributed by atoms with E-state index in [1.807, 2.05) is 0 Å². The highest BCUT2D eigenvalue weighted by Gasteiger charge is 2.41. The molecule has 1 aliphatic heterocycles. The van der Waals surface area contributed by atoms with Gasteiger partial charge in [0, 0.05) is 19.6 Å². The van der Waals surface area contributed by atoms with Crippen molar-refractivity contribution < 1.29 is 0 Å². The van der Waals surface area contributed by atoms with Gasteiger partial charge in [-0.25, -0.2) is 0 Å². The highest BCUT2D eigenvalue weighted by Crippen LogP contribution is 2.41. The molecule has 1 aliphatic rings. The first-order valence-corrected chi connectivity index (χ1v) is 9.04. The zero-order valence-corrected chi connectivity index (χ0v) is 14.1. The van der Waals surface area contributed by atoms with E-state index in [0.29, 0.717) is 5.41 Å². The Morgan fingerprint density at radius 2 is 1.43 bits per heavy atom. The third-order valence-corrected chi connectivity index (χ3v) is 4.99. The molecule has 0 atom stereocenters. The van der Waals surface area contributed by atoms with Crippen molar-refractivity contribution in [3.8, 4) is 0 Å². The molecule has 0 saturated carbocycles. The first-order chi connectivity index (χ1) is 10.3. The minimum atomic E-state index is 0.652. The van der Waals surface area contributed by atoms with Crippen LogP contribution in [0.1, 0.15) is 70.8 Å². The van der Waals surface area contributed by atoms with Gasteiger partial charge >= 0.3 is 0 Å². The maximum atomic E-state index is 2.65. The lowest BCUT2D eigenvalue weighted by molar-refractivity contribution is -0.0227. The van der Waals surface area contributed by atoms with E-state index >= 15 is 0 Å². The number of hydrogen-bond donors (Lipinski definition) is 0. The van der Waals surface area contributed by atoms with Crippen molar-refractivity contribution in [3.05, 3.63) is 35.9 Å². The second kappa shape index (κ2) is 8.58. The fraction of sp³-hybridized carbons (Fsp3) is 0.700. The van der Waals surface area contributed by atoms with Crippen LogP contribution in [-0.2, 0) is 6.54 Å². The Morgan fingerprint density at radius 3 is 1.95 bits per heavy atom. The molecule has 0 aromatic heterocycles. The van der Waals surface area contributed by atoms with Crippen molar-refractivity contribution in [3.63, 3.8) is 0 Å². The van der Waals surface area contributed by atoms with Gasteiger partial charge in [0.25, 0.3) is 0 Å². The number of likely N-dealkylation sites (tertiary alicyclic amines) is 1. The van der Waals surface area contributed by atoms with Gasteiger partial charge in [0.15, 0.2) is 0 Å². The first-order valence-electron chi connectivity index (χ1n) is 9.04. The molecule has 0 bridgehead atoms. The summed E-state index contributed by atoms with van der Waals surface area (Å²) in [5.74, 6) is 0. The molecule has 1 heterocycles. The molecule has 1 fully saturated rings. The SMILES string of the molecule is CCCCCC1(CCCCC)CN(Cc2ccccc2)C1. The van der Waals surface area contributed by atoms with Crippen molar-refractivity contribution in [2.45, 2.75) is 71.8 Å². The Bertz CT molecular complexity index is 366. The van der Waals surface area contributed by atoms with Crippen molar-refractivity contribution in [1.82, 2.24) is 4.90 Å². The van der Waals surface area contributed by atoms with Crippen LogP contribution in [0.5, 0.6) is 0 Å². The predicted octanol–water partition coefficient (Wildman–Crippen LogP) is 5.65. The number of hydrogen-bond acceptors (Lipinski definition) is 1. The maximum Gasteiger partial charge on any atom is 0.0234 e. The Hall–Kier alpha value is -0.820. The number of rotatable bonds is 10. The highest BCUT2D eigenvalue weighted by atomic mass is 15.2. The van der Waals surface area contributed by atoms with Crippen molar-refractivity contribution in [1.29, 1.82) is 0 Å². The van der Waals surface area contributed by atoms with E-state index in [0.717, 1.165) is 6.54 Å². The summed E-state index contributed by atoms with van der Waals surface area (Å²) in [6.45, 7) is 8.42. The molecule has 0 radical (unpaired) electrons. The van der Waals surface area contributed by atoms with Crippen LogP contribution < -0.4 is 0 Å². The molecule has 1 aromatic carbocycles. The normalized spacial score (nSPS) is 17.6. The number of nitrogens with zero attached hydrogens (tertiary/aromatic N) is 1. The summed E-state index contributed by atoms with van der Waals surface area (Å²) < 4.78 is 0. The van der Waals surface area contributed by atoms with Gasteiger partial charge in [-0.1, -0.05) is 82.7 Å². The van der Waals surface area contributed by atoms with E-state index in [1.165, 1.54) is 70.0 Å². The summed E-state index contributed by atoms with van der Waals surface area (Å²) in [4.78, 5) is 2.65. The number of unbranched alkanes of at least 4 members (excludes halogenated alkanes) is 4. The molecule has 1 heteroatoms. The molecule has 118 valence electrons. The van der Waals surface area contributed by atoms with E-state index in [1.54, 1.807) is 0 Å². The predicted molar refractivity (Wildman–Crippen MR) is 92.4 cm³/mol. The highest BCUT2D eigenvalue weighted by molar-refractivity contribution is 5.15. The van der Waals surface area contributed by atoms with Crippen molar-refractivity contribution in [2.24, 2.45) is 5.41 Å². The van der Waals surface area contributed by atoms with Crippen LogP contribution in [0.4, 0.5) is 0 Å². The molecule has 0 N–H and O–H groups in total. The summed E-state index contributed by atoms with van der Waals surface area (Å²) in [7, 11) is 0. The Balaban J connectivity index is 1.79. The summed E-state index contributed by atoms with van der Waals surface area (Å²) in [5, 5.41) is 0. The van der Waals surface area contributed by atoms with E-state index < -0.39 is 0 Å². The maximum absolute atomic E-state index is 2.65. The lowest BCUT2D eigenvalue weighted by atomic mass is 9.71. The summed E-state index contributed by atoms with van der Waals surface area (Å²) in [6, 6.07) is 10.9. The standard InChI is InChI=1S/C20H33N/c1-3-5-10-14-20(15-11-6-4-2)17-21(18-20)16-19-12-8-7-9-13-19/h7-9,12-13H,3-6,10-11,14-18H2,1-2H3. The van der Waals surface area contributed by atoms with Crippen LogP contribution >= 0.6 is 0 Å². The summed E-state index contributed by atoms with van der Waals surface area (Å²) in [5.41, 5.74) is 2.12. The Kier molecular flexibility index (Phi) is 6.76.